The number of imidazole rings is 1. The third-order valence-electron chi connectivity index (χ3n) is 4.44. The second-order valence-corrected chi connectivity index (χ2v) is 10.00. The number of carbonyl (C=O) groups excluding carboxylic acids is 1. The molecule has 0 spiro atoms. The minimum Gasteiger partial charge on any atom is -0.439 e. The first-order valence-corrected chi connectivity index (χ1v) is 12.1. The lowest BCUT2D eigenvalue weighted by Gasteiger charge is -2.09. The molecule has 4 aromatic rings. The Morgan fingerprint density at radius 1 is 1.12 bits per heavy atom. The minimum atomic E-state index is -3.75. The molecule has 10 nitrogen and oxygen atoms in total. The summed E-state index contributed by atoms with van der Waals surface area (Å²) in [4.78, 5) is 24.3. The molecule has 0 fully saturated rings. The largest absolute Gasteiger partial charge is 0.439 e. The van der Waals surface area contributed by atoms with Crippen LogP contribution in [0.15, 0.2) is 65.4 Å². The van der Waals surface area contributed by atoms with Gasteiger partial charge in [-0.2, -0.15) is 0 Å². The molecule has 170 valence electrons. The van der Waals surface area contributed by atoms with Crippen molar-refractivity contribution in [1.29, 1.82) is 0 Å². The van der Waals surface area contributed by atoms with E-state index in [1.54, 1.807) is 53.4 Å². The molecule has 1 amide bonds. The summed E-state index contributed by atoms with van der Waals surface area (Å²) in [6.07, 6.45) is 4.87. The molecule has 0 radical (unpaired) electrons. The Balaban J connectivity index is 1.42. The summed E-state index contributed by atoms with van der Waals surface area (Å²) in [5.74, 6) is 2.05. The molecule has 0 unspecified atom stereocenters. The SMILES string of the molecule is CC(=O)NCc1ccc(S(=O)(=O)Nc2ccc(Oc3cc(-n4ccnc4C)ncn3)cc2)s1. The van der Waals surface area contributed by atoms with Crippen molar-refractivity contribution < 1.29 is 17.9 Å². The molecule has 0 aliphatic heterocycles. The number of thiophene rings is 1. The van der Waals surface area contributed by atoms with Crippen LogP contribution < -0.4 is 14.8 Å². The van der Waals surface area contributed by atoms with E-state index in [0.717, 1.165) is 22.0 Å². The number of rotatable bonds is 8. The van der Waals surface area contributed by atoms with Crippen molar-refractivity contribution in [3.8, 4) is 17.4 Å². The zero-order valence-electron chi connectivity index (χ0n) is 17.7. The highest BCUT2D eigenvalue weighted by molar-refractivity contribution is 7.94. The van der Waals surface area contributed by atoms with Crippen molar-refractivity contribution >= 4 is 33.0 Å². The average molecular weight is 485 g/mol. The summed E-state index contributed by atoms with van der Waals surface area (Å²) in [7, 11) is -3.75. The van der Waals surface area contributed by atoms with E-state index in [1.165, 1.54) is 19.3 Å². The van der Waals surface area contributed by atoms with Gasteiger partial charge < -0.3 is 10.1 Å². The molecule has 12 heteroatoms. The molecule has 33 heavy (non-hydrogen) atoms. The monoisotopic (exact) mass is 484 g/mol. The maximum Gasteiger partial charge on any atom is 0.271 e. The Morgan fingerprint density at radius 2 is 1.91 bits per heavy atom. The van der Waals surface area contributed by atoms with Crippen LogP contribution in [0.25, 0.3) is 5.82 Å². The molecule has 0 atom stereocenters. The second-order valence-electron chi connectivity index (χ2n) is 6.92. The van der Waals surface area contributed by atoms with Gasteiger partial charge in [-0.15, -0.1) is 11.3 Å². The van der Waals surface area contributed by atoms with Crippen LogP contribution in [-0.2, 0) is 21.4 Å². The van der Waals surface area contributed by atoms with E-state index in [2.05, 4.69) is 25.0 Å². The lowest BCUT2D eigenvalue weighted by molar-refractivity contribution is -0.119. The first-order valence-electron chi connectivity index (χ1n) is 9.76. The van der Waals surface area contributed by atoms with Gasteiger partial charge in [0.2, 0.25) is 11.8 Å². The normalized spacial score (nSPS) is 11.2. The fraction of sp³-hybridized carbons (Fsp3) is 0.143. The van der Waals surface area contributed by atoms with Crippen molar-refractivity contribution in [2.75, 3.05) is 4.72 Å². The van der Waals surface area contributed by atoms with Gasteiger partial charge in [-0.1, -0.05) is 0 Å². The van der Waals surface area contributed by atoms with Crippen LogP contribution in [0.5, 0.6) is 11.6 Å². The number of nitrogens with one attached hydrogen (secondary N) is 2. The Bertz CT molecular complexity index is 1380. The molecule has 0 saturated carbocycles. The van der Waals surface area contributed by atoms with Crippen molar-refractivity contribution in [1.82, 2.24) is 24.8 Å². The number of ether oxygens (including phenoxy) is 1. The standard InChI is InChI=1S/C21H20N6O4S2/c1-14-22-9-10-27(14)19-11-20(25-13-24-19)31-17-5-3-16(4-6-17)26-33(29,30)21-8-7-18(32-21)12-23-15(2)28/h3-11,13,26H,12H2,1-2H3,(H,23,28). The Kier molecular flexibility index (Phi) is 6.38. The number of carbonyl (C=O) groups is 1. The molecule has 0 bridgehead atoms. The summed E-state index contributed by atoms with van der Waals surface area (Å²) in [5, 5.41) is 2.65. The topological polar surface area (TPSA) is 128 Å². The van der Waals surface area contributed by atoms with Gasteiger partial charge in [0.15, 0.2) is 0 Å². The highest BCUT2D eigenvalue weighted by Crippen LogP contribution is 2.26. The number of anilines is 1. The van der Waals surface area contributed by atoms with E-state index in [1.807, 2.05) is 6.92 Å². The quantitative estimate of drug-likeness (QED) is 0.393. The minimum absolute atomic E-state index is 0.159. The van der Waals surface area contributed by atoms with E-state index in [-0.39, 0.29) is 16.7 Å². The molecule has 4 rings (SSSR count). The predicted octanol–water partition coefficient (Wildman–Crippen LogP) is 3.26. The van der Waals surface area contributed by atoms with Crippen molar-refractivity contribution in [3.05, 3.63) is 71.9 Å². The predicted molar refractivity (Wildman–Crippen MR) is 123 cm³/mol. The number of sulfonamides is 1. The van der Waals surface area contributed by atoms with Crippen LogP contribution in [0.4, 0.5) is 5.69 Å². The van der Waals surface area contributed by atoms with Gasteiger partial charge in [-0.05, 0) is 43.3 Å². The summed E-state index contributed by atoms with van der Waals surface area (Å²) in [6.45, 7) is 3.56. The lowest BCUT2D eigenvalue weighted by Crippen LogP contribution is -2.18. The molecule has 0 saturated heterocycles. The molecule has 3 heterocycles. The third kappa shape index (κ3) is 5.54. The maximum atomic E-state index is 12.7. The van der Waals surface area contributed by atoms with Crippen molar-refractivity contribution in [2.45, 2.75) is 24.6 Å². The number of hydrogen-bond acceptors (Lipinski definition) is 8. The number of nitrogens with zero attached hydrogens (tertiary/aromatic N) is 4. The summed E-state index contributed by atoms with van der Waals surface area (Å²) in [5.41, 5.74) is 0.386. The zero-order valence-corrected chi connectivity index (χ0v) is 19.4. The van der Waals surface area contributed by atoms with E-state index in [9.17, 15) is 13.2 Å². The maximum absolute atomic E-state index is 12.7. The van der Waals surface area contributed by atoms with Crippen LogP contribution in [0.1, 0.15) is 17.6 Å². The first-order chi connectivity index (χ1) is 15.8. The lowest BCUT2D eigenvalue weighted by atomic mass is 10.3. The number of aromatic nitrogens is 4. The average Bonchev–Trinajstić information content (AvgIpc) is 3.43. The zero-order chi connectivity index (χ0) is 23.4. The van der Waals surface area contributed by atoms with Crippen LogP contribution >= 0.6 is 11.3 Å². The molecular weight excluding hydrogens is 464 g/mol. The fourth-order valence-electron chi connectivity index (χ4n) is 2.86. The van der Waals surface area contributed by atoms with E-state index in [0.29, 0.717) is 23.1 Å². The fourth-order valence-corrected chi connectivity index (χ4v) is 5.22. The van der Waals surface area contributed by atoms with Crippen molar-refractivity contribution in [3.63, 3.8) is 0 Å². The van der Waals surface area contributed by atoms with Crippen LogP contribution in [0.3, 0.4) is 0 Å². The molecule has 3 aromatic heterocycles. The smallest absolute Gasteiger partial charge is 0.271 e. The highest BCUT2D eigenvalue weighted by atomic mass is 32.2. The van der Waals surface area contributed by atoms with Gasteiger partial charge in [0, 0.05) is 35.9 Å². The number of hydrogen-bond donors (Lipinski definition) is 2. The number of aryl methyl sites for hydroxylation is 1. The van der Waals surface area contributed by atoms with E-state index < -0.39 is 10.0 Å². The van der Waals surface area contributed by atoms with Gasteiger partial charge in [0.1, 0.15) is 27.9 Å². The van der Waals surface area contributed by atoms with Crippen LogP contribution in [0, 0.1) is 6.92 Å². The summed E-state index contributed by atoms with van der Waals surface area (Å²) >= 11 is 1.10. The number of benzene rings is 1. The van der Waals surface area contributed by atoms with Gasteiger partial charge in [-0.3, -0.25) is 14.1 Å². The molecule has 1 aromatic carbocycles. The third-order valence-corrected chi connectivity index (χ3v) is 7.40. The summed E-state index contributed by atoms with van der Waals surface area (Å²) < 4.78 is 35.6. The second kappa shape index (κ2) is 9.38. The Hall–Kier alpha value is -3.77. The highest BCUT2D eigenvalue weighted by Gasteiger charge is 2.17. The summed E-state index contributed by atoms with van der Waals surface area (Å²) in [6, 6.07) is 11.3. The molecule has 0 aliphatic rings. The molecule has 2 N–H and O–H groups in total. The van der Waals surface area contributed by atoms with Gasteiger partial charge in [0.05, 0.1) is 6.54 Å². The van der Waals surface area contributed by atoms with Gasteiger partial charge in [0.25, 0.3) is 10.0 Å². The van der Waals surface area contributed by atoms with Gasteiger partial charge in [-0.25, -0.2) is 23.4 Å². The Morgan fingerprint density at radius 3 is 2.61 bits per heavy atom. The molecular formula is C21H20N6O4S2. The van der Waals surface area contributed by atoms with Gasteiger partial charge >= 0.3 is 0 Å². The van der Waals surface area contributed by atoms with Crippen molar-refractivity contribution in [2.24, 2.45) is 0 Å². The van der Waals surface area contributed by atoms with E-state index in [4.69, 9.17) is 4.74 Å². The van der Waals surface area contributed by atoms with E-state index >= 15 is 0 Å². The first kappa shape index (κ1) is 22.4. The molecule has 0 aliphatic carbocycles. The Labute approximate surface area is 194 Å². The van der Waals surface area contributed by atoms with Crippen LogP contribution in [0.2, 0.25) is 0 Å². The number of amides is 1. The van der Waals surface area contributed by atoms with Crippen LogP contribution in [-0.4, -0.2) is 33.8 Å².